The molecule has 7 heteroatoms. The number of ether oxygens (including phenoxy) is 1. The molecule has 0 bridgehead atoms. The molecule has 1 saturated heterocycles. The number of nitrogens with one attached hydrogen (secondary N) is 2. The van der Waals surface area contributed by atoms with E-state index >= 15 is 0 Å². The molecule has 1 amide bonds. The third kappa shape index (κ3) is 3.55. The van der Waals surface area contributed by atoms with Crippen molar-refractivity contribution >= 4 is 17.6 Å². The summed E-state index contributed by atoms with van der Waals surface area (Å²) in [4.78, 5) is 23.4. The van der Waals surface area contributed by atoms with Crippen molar-refractivity contribution in [3.8, 4) is 0 Å². The summed E-state index contributed by atoms with van der Waals surface area (Å²) >= 11 is 0. The molecule has 1 aliphatic rings. The number of halogens is 2. The maximum atomic E-state index is 13.7. The maximum Gasteiger partial charge on any atom is 0.340 e. The molecule has 1 aliphatic heterocycles. The van der Waals surface area contributed by atoms with Gasteiger partial charge in [0.2, 0.25) is 5.91 Å². The minimum Gasteiger partial charge on any atom is -0.465 e. The number of esters is 1. The van der Waals surface area contributed by atoms with Gasteiger partial charge in [0, 0.05) is 12.6 Å². The SMILES string of the molecule is COC(=O)c1cc(NC(=O)[C@H]2CCCNC2)c(F)cc1F. The van der Waals surface area contributed by atoms with Gasteiger partial charge in [0.1, 0.15) is 11.6 Å². The van der Waals surface area contributed by atoms with Crippen LogP contribution in [0.2, 0.25) is 0 Å². The molecule has 0 radical (unpaired) electrons. The summed E-state index contributed by atoms with van der Waals surface area (Å²) in [6.45, 7) is 1.36. The van der Waals surface area contributed by atoms with Crippen LogP contribution in [0.3, 0.4) is 0 Å². The first-order chi connectivity index (χ1) is 10.0. The van der Waals surface area contributed by atoms with Gasteiger partial charge in [0.15, 0.2) is 0 Å². The van der Waals surface area contributed by atoms with E-state index < -0.39 is 23.2 Å². The van der Waals surface area contributed by atoms with Gasteiger partial charge in [-0.1, -0.05) is 0 Å². The van der Waals surface area contributed by atoms with Crippen molar-refractivity contribution in [2.75, 3.05) is 25.5 Å². The molecule has 114 valence electrons. The second kappa shape index (κ2) is 6.62. The van der Waals surface area contributed by atoms with Crippen LogP contribution in [-0.4, -0.2) is 32.1 Å². The summed E-state index contributed by atoms with van der Waals surface area (Å²) in [6.07, 6.45) is 1.56. The van der Waals surface area contributed by atoms with Crippen molar-refractivity contribution in [2.24, 2.45) is 5.92 Å². The van der Waals surface area contributed by atoms with Gasteiger partial charge < -0.3 is 15.4 Å². The van der Waals surface area contributed by atoms with Crippen molar-refractivity contribution in [3.63, 3.8) is 0 Å². The molecule has 5 nitrogen and oxygen atoms in total. The molecule has 2 N–H and O–H groups in total. The minimum atomic E-state index is -1.03. The lowest BCUT2D eigenvalue weighted by Gasteiger charge is -2.22. The molecule has 1 aromatic rings. The predicted octanol–water partition coefficient (Wildman–Crippen LogP) is 1.69. The summed E-state index contributed by atoms with van der Waals surface area (Å²) in [5.74, 6) is -3.52. The highest BCUT2D eigenvalue weighted by atomic mass is 19.1. The second-order valence-corrected chi connectivity index (χ2v) is 4.84. The molecule has 0 aliphatic carbocycles. The van der Waals surface area contributed by atoms with Gasteiger partial charge in [0.05, 0.1) is 24.3 Å². The first-order valence-electron chi connectivity index (χ1n) is 6.62. The van der Waals surface area contributed by atoms with Gasteiger partial charge in [-0.3, -0.25) is 4.79 Å². The summed E-state index contributed by atoms with van der Waals surface area (Å²) in [5, 5.41) is 5.47. The maximum absolute atomic E-state index is 13.7. The van der Waals surface area contributed by atoms with Gasteiger partial charge in [-0.2, -0.15) is 0 Å². The number of methoxy groups -OCH3 is 1. The molecule has 0 aromatic heterocycles. The Kier molecular flexibility index (Phi) is 4.85. The van der Waals surface area contributed by atoms with E-state index in [9.17, 15) is 18.4 Å². The molecule has 1 aromatic carbocycles. The van der Waals surface area contributed by atoms with E-state index in [2.05, 4.69) is 15.4 Å². The van der Waals surface area contributed by atoms with E-state index in [1.165, 1.54) is 0 Å². The van der Waals surface area contributed by atoms with Crippen LogP contribution in [0.4, 0.5) is 14.5 Å². The highest BCUT2D eigenvalue weighted by molar-refractivity contribution is 5.95. The zero-order valence-electron chi connectivity index (χ0n) is 11.5. The van der Waals surface area contributed by atoms with E-state index in [0.717, 1.165) is 26.1 Å². The van der Waals surface area contributed by atoms with Crippen LogP contribution >= 0.6 is 0 Å². The van der Waals surface area contributed by atoms with Crippen LogP contribution < -0.4 is 10.6 Å². The molecule has 1 fully saturated rings. The van der Waals surface area contributed by atoms with Crippen LogP contribution in [0.1, 0.15) is 23.2 Å². The van der Waals surface area contributed by atoms with Gasteiger partial charge in [-0.15, -0.1) is 0 Å². The lowest BCUT2D eigenvalue weighted by molar-refractivity contribution is -0.120. The average molecular weight is 298 g/mol. The van der Waals surface area contributed by atoms with E-state index in [1.54, 1.807) is 0 Å². The second-order valence-electron chi connectivity index (χ2n) is 4.84. The number of anilines is 1. The average Bonchev–Trinajstić information content (AvgIpc) is 2.50. The van der Waals surface area contributed by atoms with Crippen LogP contribution in [0.15, 0.2) is 12.1 Å². The third-order valence-corrected chi connectivity index (χ3v) is 3.39. The topological polar surface area (TPSA) is 67.4 Å². The Labute approximate surface area is 120 Å². The molecular formula is C14H16F2N2O3. The third-order valence-electron chi connectivity index (χ3n) is 3.39. The van der Waals surface area contributed by atoms with E-state index in [4.69, 9.17) is 0 Å². The summed E-state index contributed by atoms with van der Waals surface area (Å²) in [5.41, 5.74) is -0.650. The van der Waals surface area contributed by atoms with E-state index in [0.29, 0.717) is 19.0 Å². The molecule has 0 spiro atoms. The molecule has 0 unspecified atom stereocenters. The fraction of sp³-hybridized carbons (Fsp3) is 0.429. The zero-order valence-corrected chi connectivity index (χ0v) is 11.5. The number of piperidine rings is 1. The van der Waals surface area contributed by atoms with E-state index in [1.807, 2.05) is 0 Å². The van der Waals surface area contributed by atoms with Crippen molar-refractivity contribution < 1.29 is 23.1 Å². The fourth-order valence-corrected chi connectivity index (χ4v) is 2.22. The van der Waals surface area contributed by atoms with Gasteiger partial charge in [-0.05, 0) is 25.5 Å². The van der Waals surface area contributed by atoms with Crippen LogP contribution in [0.5, 0.6) is 0 Å². The van der Waals surface area contributed by atoms with Gasteiger partial charge >= 0.3 is 5.97 Å². The molecule has 1 heterocycles. The number of hydrogen-bond donors (Lipinski definition) is 2. The summed E-state index contributed by atoms with van der Waals surface area (Å²) in [6, 6.07) is 1.51. The largest absolute Gasteiger partial charge is 0.465 e. The van der Waals surface area contributed by atoms with Crippen molar-refractivity contribution in [1.82, 2.24) is 5.32 Å². The highest BCUT2D eigenvalue weighted by Crippen LogP contribution is 2.22. The number of amides is 1. The lowest BCUT2D eigenvalue weighted by atomic mass is 9.98. The first kappa shape index (κ1) is 15.4. The monoisotopic (exact) mass is 298 g/mol. The first-order valence-corrected chi connectivity index (χ1v) is 6.62. The Hall–Kier alpha value is -2.02. The molecule has 2 rings (SSSR count). The quantitative estimate of drug-likeness (QED) is 0.833. The lowest BCUT2D eigenvalue weighted by Crippen LogP contribution is -2.37. The Bertz CT molecular complexity index is 557. The molecule has 1 atom stereocenters. The number of benzene rings is 1. The smallest absolute Gasteiger partial charge is 0.340 e. The molecule has 21 heavy (non-hydrogen) atoms. The van der Waals surface area contributed by atoms with Gasteiger partial charge in [0.25, 0.3) is 0 Å². The molecule has 0 saturated carbocycles. The number of hydrogen-bond acceptors (Lipinski definition) is 4. The standard InChI is InChI=1S/C14H16F2N2O3/c1-21-14(20)9-5-12(11(16)6-10(9)15)18-13(19)8-3-2-4-17-7-8/h5-6,8,17H,2-4,7H2,1H3,(H,18,19)/t8-/m0/s1. The van der Waals surface area contributed by atoms with Crippen molar-refractivity contribution in [3.05, 3.63) is 29.3 Å². The van der Waals surface area contributed by atoms with Crippen LogP contribution in [0, 0.1) is 17.6 Å². The summed E-state index contributed by atoms with van der Waals surface area (Å²) in [7, 11) is 1.09. The van der Waals surface area contributed by atoms with E-state index in [-0.39, 0.29) is 17.5 Å². The Balaban J connectivity index is 2.18. The van der Waals surface area contributed by atoms with Crippen molar-refractivity contribution in [2.45, 2.75) is 12.8 Å². The highest BCUT2D eigenvalue weighted by Gasteiger charge is 2.23. The Morgan fingerprint density at radius 3 is 2.71 bits per heavy atom. The van der Waals surface area contributed by atoms with Crippen LogP contribution in [-0.2, 0) is 9.53 Å². The number of carbonyl (C=O) groups is 2. The number of carbonyl (C=O) groups excluding carboxylic acids is 2. The zero-order chi connectivity index (χ0) is 15.4. The predicted molar refractivity (Wildman–Crippen MR) is 71.9 cm³/mol. The summed E-state index contributed by atoms with van der Waals surface area (Å²) < 4.78 is 31.6. The van der Waals surface area contributed by atoms with Gasteiger partial charge in [-0.25, -0.2) is 13.6 Å². The van der Waals surface area contributed by atoms with Crippen LogP contribution in [0.25, 0.3) is 0 Å². The molecular weight excluding hydrogens is 282 g/mol. The normalized spacial score (nSPS) is 18.1. The minimum absolute atomic E-state index is 0.229. The fourth-order valence-electron chi connectivity index (χ4n) is 2.22. The number of rotatable bonds is 3. The Morgan fingerprint density at radius 1 is 1.33 bits per heavy atom. The Morgan fingerprint density at radius 2 is 2.10 bits per heavy atom. The van der Waals surface area contributed by atoms with Crippen molar-refractivity contribution in [1.29, 1.82) is 0 Å².